The average molecular weight is 487 g/mol. The molecule has 1 aliphatic heterocycles. The largest absolute Gasteiger partial charge is 0.397 e. The van der Waals surface area contributed by atoms with E-state index in [1.54, 1.807) is 6.08 Å². The summed E-state index contributed by atoms with van der Waals surface area (Å²) in [4.78, 5) is 0. The standard InChI is InChI=1S/C23H29F3N2O4S/c1-3-5-13(6-4-2)7-8-33-23-22(31)20(21(30)18(12-29)32-23)28-11-17(27)14-9-15(24)19(26)16(25)10-14/h3-6,9-11,18,20-23,28-31H,1,7-8,12,27H2,2H3/b6-4-,13-5+,17-11-. The van der Waals surface area contributed by atoms with Crippen molar-refractivity contribution in [2.45, 2.75) is 43.1 Å². The minimum Gasteiger partial charge on any atom is -0.397 e. The van der Waals surface area contributed by atoms with E-state index >= 15 is 0 Å². The first-order valence-corrected chi connectivity index (χ1v) is 11.3. The summed E-state index contributed by atoms with van der Waals surface area (Å²) in [5.41, 5.74) is 5.84. The lowest BCUT2D eigenvalue weighted by molar-refractivity contribution is -0.164. The highest BCUT2D eigenvalue weighted by Crippen LogP contribution is 2.30. The zero-order chi connectivity index (χ0) is 24.5. The summed E-state index contributed by atoms with van der Waals surface area (Å²) in [5, 5.41) is 33.6. The number of rotatable bonds is 10. The molecule has 0 aromatic heterocycles. The molecule has 1 saturated heterocycles. The van der Waals surface area contributed by atoms with Crippen LogP contribution < -0.4 is 11.1 Å². The molecule has 1 aliphatic rings. The van der Waals surface area contributed by atoms with Crippen molar-refractivity contribution < 1.29 is 33.2 Å². The Morgan fingerprint density at radius 3 is 2.48 bits per heavy atom. The van der Waals surface area contributed by atoms with Gasteiger partial charge in [0.15, 0.2) is 17.5 Å². The van der Waals surface area contributed by atoms with Crippen molar-refractivity contribution in [1.29, 1.82) is 0 Å². The van der Waals surface area contributed by atoms with Crippen LogP contribution in [0.1, 0.15) is 18.9 Å². The molecule has 33 heavy (non-hydrogen) atoms. The second-order valence-electron chi connectivity index (χ2n) is 7.35. The van der Waals surface area contributed by atoms with Gasteiger partial charge in [0, 0.05) is 11.8 Å². The van der Waals surface area contributed by atoms with Gasteiger partial charge in [-0.05, 0) is 36.8 Å². The first-order chi connectivity index (χ1) is 15.7. The van der Waals surface area contributed by atoms with Crippen LogP contribution in [0.2, 0.25) is 0 Å². The Kier molecular flexibility index (Phi) is 10.5. The summed E-state index contributed by atoms with van der Waals surface area (Å²) in [6.07, 6.45) is 5.75. The maximum absolute atomic E-state index is 13.5. The smallest absolute Gasteiger partial charge is 0.194 e. The predicted molar refractivity (Wildman–Crippen MR) is 123 cm³/mol. The molecule has 1 fully saturated rings. The molecule has 0 spiro atoms. The molecule has 0 bridgehead atoms. The molecule has 1 aromatic rings. The van der Waals surface area contributed by atoms with E-state index < -0.39 is 53.8 Å². The minimum atomic E-state index is -1.61. The van der Waals surface area contributed by atoms with Gasteiger partial charge in [0.2, 0.25) is 0 Å². The molecule has 182 valence electrons. The summed E-state index contributed by atoms with van der Waals surface area (Å²) < 4.78 is 45.8. The summed E-state index contributed by atoms with van der Waals surface area (Å²) in [7, 11) is 0. The molecule has 10 heteroatoms. The Hall–Kier alpha value is -2.24. The van der Waals surface area contributed by atoms with Crippen molar-refractivity contribution in [3.8, 4) is 0 Å². The van der Waals surface area contributed by atoms with Gasteiger partial charge in [-0.25, -0.2) is 13.2 Å². The molecule has 0 amide bonds. The van der Waals surface area contributed by atoms with Gasteiger partial charge >= 0.3 is 0 Å². The lowest BCUT2D eigenvalue weighted by Gasteiger charge is -2.42. The average Bonchev–Trinajstić information content (AvgIpc) is 2.78. The number of nitrogens with two attached hydrogens (primary N) is 1. The third-order valence-corrected chi connectivity index (χ3v) is 6.18. The highest BCUT2D eigenvalue weighted by atomic mass is 32.2. The van der Waals surface area contributed by atoms with Crippen LogP contribution >= 0.6 is 11.8 Å². The number of nitrogens with one attached hydrogen (secondary N) is 1. The number of aliphatic hydroxyl groups excluding tert-OH is 3. The predicted octanol–water partition coefficient (Wildman–Crippen LogP) is 2.57. The van der Waals surface area contributed by atoms with Gasteiger partial charge in [0.05, 0.1) is 18.3 Å². The van der Waals surface area contributed by atoms with Crippen LogP contribution in [0, 0.1) is 17.5 Å². The van der Waals surface area contributed by atoms with Crippen molar-refractivity contribution in [2.24, 2.45) is 5.73 Å². The van der Waals surface area contributed by atoms with Crippen LogP contribution in [0.5, 0.6) is 0 Å². The Labute approximate surface area is 195 Å². The van der Waals surface area contributed by atoms with Gasteiger partial charge in [-0.2, -0.15) is 0 Å². The maximum atomic E-state index is 13.5. The first kappa shape index (κ1) is 27.0. The Morgan fingerprint density at radius 1 is 1.24 bits per heavy atom. The van der Waals surface area contributed by atoms with E-state index in [-0.39, 0.29) is 11.3 Å². The first-order valence-electron chi connectivity index (χ1n) is 10.3. The van der Waals surface area contributed by atoms with Gasteiger partial charge in [-0.1, -0.05) is 30.9 Å². The molecule has 2 rings (SSSR count). The number of hydrogen-bond acceptors (Lipinski definition) is 7. The molecule has 5 atom stereocenters. The number of thioether (sulfide) groups is 1. The second kappa shape index (κ2) is 12.9. The van der Waals surface area contributed by atoms with E-state index in [9.17, 15) is 28.5 Å². The van der Waals surface area contributed by atoms with Crippen molar-refractivity contribution in [3.05, 3.63) is 77.8 Å². The van der Waals surface area contributed by atoms with Crippen LogP contribution in [-0.4, -0.2) is 57.5 Å². The summed E-state index contributed by atoms with van der Waals surface area (Å²) in [5.74, 6) is -3.82. The zero-order valence-corrected chi connectivity index (χ0v) is 18.9. The van der Waals surface area contributed by atoms with E-state index in [4.69, 9.17) is 10.5 Å². The minimum absolute atomic E-state index is 0.120. The molecule has 6 N–H and O–H groups in total. The second-order valence-corrected chi connectivity index (χ2v) is 8.56. The Balaban J connectivity index is 2.12. The highest BCUT2D eigenvalue weighted by Gasteiger charge is 2.44. The van der Waals surface area contributed by atoms with Crippen molar-refractivity contribution in [1.82, 2.24) is 5.32 Å². The lowest BCUT2D eigenvalue weighted by atomic mass is 9.97. The van der Waals surface area contributed by atoms with Crippen molar-refractivity contribution in [3.63, 3.8) is 0 Å². The van der Waals surface area contributed by atoms with Crippen molar-refractivity contribution >= 4 is 17.5 Å². The summed E-state index contributed by atoms with van der Waals surface area (Å²) in [6, 6.07) is 0.467. The molecule has 1 aromatic carbocycles. The molecule has 0 saturated carbocycles. The number of aliphatic hydroxyl groups is 3. The number of allylic oxidation sites excluding steroid dienone is 5. The third kappa shape index (κ3) is 7.12. The van der Waals surface area contributed by atoms with E-state index in [1.807, 2.05) is 25.2 Å². The molecule has 0 radical (unpaired) electrons. The lowest BCUT2D eigenvalue weighted by Crippen LogP contribution is -2.62. The zero-order valence-electron chi connectivity index (χ0n) is 18.1. The summed E-state index contributed by atoms with van der Waals surface area (Å²) >= 11 is 1.31. The molecular formula is C23H29F3N2O4S. The van der Waals surface area contributed by atoms with Gasteiger partial charge < -0.3 is 31.1 Å². The van der Waals surface area contributed by atoms with Gasteiger partial charge in [0.1, 0.15) is 23.7 Å². The number of benzene rings is 1. The van der Waals surface area contributed by atoms with E-state index in [0.29, 0.717) is 12.2 Å². The van der Waals surface area contributed by atoms with E-state index in [2.05, 4.69) is 11.9 Å². The molecular weight excluding hydrogens is 457 g/mol. The molecule has 5 unspecified atom stereocenters. The fraction of sp³-hybridized carbons (Fsp3) is 0.391. The fourth-order valence-electron chi connectivity index (χ4n) is 3.29. The van der Waals surface area contributed by atoms with E-state index in [0.717, 1.165) is 23.9 Å². The maximum Gasteiger partial charge on any atom is 0.194 e. The third-order valence-electron chi connectivity index (χ3n) is 5.02. The van der Waals surface area contributed by atoms with Gasteiger partial charge in [-0.3, -0.25) is 0 Å². The number of halogens is 3. The number of ether oxygens (including phenoxy) is 1. The normalized spacial score (nSPS) is 26.6. The van der Waals surface area contributed by atoms with Crippen LogP contribution in [0.4, 0.5) is 13.2 Å². The Morgan fingerprint density at radius 2 is 1.91 bits per heavy atom. The van der Waals surface area contributed by atoms with Crippen LogP contribution in [0.25, 0.3) is 5.70 Å². The van der Waals surface area contributed by atoms with Gasteiger partial charge in [-0.15, -0.1) is 11.8 Å². The topological polar surface area (TPSA) is 108 Å². The van der Waals surface area contributed by atoms with Gasteiger partial charge in [0.25, 0.3) is 0 Å². The highest BCUT2D eigenvalue weighted by molar-refractivity contribution is 7.99. The van der Waals surface area contributed by atoms with Crippen LogP contribution in [0.15, 0.2) is 54.8 Å². The fourth-order valence-corrected chi connectivity index (χ4v) is 4.47. The quantitative estimate of drug-likeness (QED) is 0.256. The summed E-state index contributed by atoms with van der Waals surface area (Å²) in [6.45, 7) is 5.09. The Bertz CT molecular complexity index is 887. The molecule has 6 nitrogen and oxygen atoms in total. The molecule has 0 aliphatic carbocycles. The SMILES string of the molecule is C=C/C=C(\C=C/C)CCSC1OC(CO)C(O)C(N/C=C(\N)c2cc(F)c(F)c(F)c2)C1O. The van der Waals surface area contributed by atoms with Crippen LogP contribution in [0.3, 0.4) is 0 Å². The monoisotopic (exact) mass is 486 g/mol. The number of hydrogen-bond donors (Lipinski definition) is 5. The van der Waals surface area contributed by atoms with E-state index in [1.165, 1.54) is 11.8 Å². The van der Waals surface area contributed by atoms with Crippen LogP contribution in [-0.2, 0) is 4.74 Å². The molecule has 1 heterocycles. The van der Waals surface area contributed by atoms with Crippen molar-refractivity contribution in [2.75, 3.05) is 12.4 Å².